The predicted molar refractivity (Wildman–Crippen MR) is 51.7 cm³/mol. The average Bonchev–Trinajstić information content (AvgIpc) is 2.79. The summed E-state index contributed by atoms with van der Waals surface area (Å²) < 4.78 is 26.8. The van der Waals surface area contributed by atoms with E-state index in [1.807, 2.05) is 6.92 Å². The summed E-state index contributed by atoms with van der Waals surface area (Å²) in [5.41, 5.74) is 1.26. The average molecular weight is 236 g/mol. The summed E-state index contributed by atoms with van der Waals surface area (Å²) in [6.45, 7) is 1.82. The van der Waals surface area contributed by atoms with Crippen molar-refractivity contribution in [2.45, 2.75) is 31.4 Å². The molecule has 78 valence electrons. The Labute approximate surface area is 86.6 Å². The second-order valence-corrected chi connectivity index (χ2v) is 6.35. The van der Waals surface area contributed by atoms with Crippen LogP contribution < -0.4 is 0 Å². The van der Waals surface area contributed by atoms with E-state index in [2.05, 4.69) is 5.16 Å². The van der Waals surface area contributed by atoms with Gasteiger partial charge in [0.25, 0.3) is 0 Å². The Morgan fingerprint density at radius 2 is 2.21 bits per heavy atom. The first kappa shape index (κ1) is 9.98. The van der Waals surface area contributed by atoms with Gasteiger partial charge in [0.05, 0.1) is 0 Å². The highest BCUT2D eigenvalue weighted by Gasteiger charge is 2.31. The molecule has 2 rings (SSSR count). The number of aromatic nitrogens is 1. The lowest BCUT2D eigenvalue weighted by Gasteiger charge is -1.93. The summed E-state index contributed by atoms with van der Waals surface area (Å²) in [5, 5.41) is 3.72. The summed E-state index contributed by atoms with van der Waals surface area (Å²) >= 11 is 0. The van der Waals surface area contributed by atoms with Crippen LogP contribution >= 0.6 is 10.7 Å². The van der Waals surface area contributed by atoms with Crippen LogP contribution in [-0.4, -0.2) is 13.6 Å². The maximum atomic E-state index is 10.8. The number of hydrogen-bond donors (Lipinski definition) is 0. The van der Waals surface area contributed by atoms with Crippen LogP contribution in [0.5, 0.6) is 0 Å². The van der Waals surface area contributed by atoms with Crippen molar-refractivity contribution >= 4 is 19.7 Å². The lowest BCUT2D eigenvalue weighted by Crippen LogP contribution is -1.97. The fourth-order valence-electron chi connectivity index (χ4n) is 1.41. The van der Waals surface area contributed by atoms with Crippen LogP contribution in [0.1, 0.15) is 35.8 Å². The van der Waals surface area contributed by atoms with Crippen molar-refractivity contribution in [3.8, 4) is 0 Å². The summed E-state index contributed by atoms with van der Waals surface area (Å²) in [6, 6.07) is 0. The van der Waals surface area contributed by atoms with Gasteiger partial charge >= 0.3 is 0 Å². The van der Waals surface area contributed by atoms with Crippen molar-refractivity contribution in [2.75, 3.05) is 0 Å². The fourth-order valence-corrected chi connectivity index (χ4v) is 2.31. The summed E-state index contributed by atoms with van der Waals surface area (Å²) in [7, 11) is 1.59. The predicted octanol–water partition coefficient (Wildman–Crippen LogP) is 1.93. The van der Waals surface area contributed by atoms with E-state index in [-0.39, 0.29) is 5.75 Å². The number of nitrogens with zero attached hydrogens (tertiary/aromatic N) is 1. The van der Waals surface area contributed by atoms with Gasteiger partial charge in [0.2, 0.25) is 9.05 Å². The molecule has 14 heavy (non-hydrogen) atoms. The van der Waals surface area contributed by atoms with Gasteiger partial charge in [-0.3, -0.25) is 0 Å². The van der Waals surface area contributed by atoms with Crippen molar-refractivity contribution < 1.29 is 12.9 Å². The standard InChI is InChI=1S/C8H10ClNO3S/c1-5-7(4-14(9,11)12)10-13-8(5)6-2-3-6/h6H,2-4H2,1H3. The molecule has 0 spiro atoms. The van der Waals surface area contributed by atoms with Crippen LogP contribution in [0, 0.1) is 6.92 Å². The highest BCUT2D eigenvalue weighted by molar-refractivity contribution is 8.13. The second-order valence-electron chi connectivity index (χ2n) is 3.58. The normalized spacial score (nSPS) is 17.3. The molecule has 0 aromatic carbocycles. The van der Waals surface area contributed by atoms with Crippen LogP contribution in [0.15, 0.2) is 4.52 Å². The zero-order chi connectivity index (χ0) is 10.3. The third-order valence-electron chi connectivity index (χ3n) is 2.31. The Morgan fingerprint density at radius 1 is 1.57 bits per heavy atom. The summed E-state index contributed by atoms with van der Waals surface area (Å²) in [4.78, 5) is 0. The number of hydrogen-bond acceptors (Lipinski definition) is 4. The molecule has 1 aliphatic carbocycles. The monoisotopic (exact) mass is 235 g/mol. The molecule has 0 N–H and O–H groups in total. The Hall–Kier alpha value is -0.550. The molecule has 1 aromatic rings. The van der Waals surface area contributed by atoms with Gasteiger partial charge in [-0.2, -0.15) is 0 Å². The zero-order valence-corrected chi connectivity index (χ0v) is 9.23. The van der Waals surface area contributed by atoms with E-state index in [1.54, 1.807) is 0 Å². The van der Waals surface area contributed by atoms with Crippen molar-refractivity contribution in [3.05, 3.63) is 17.0 Å². The molecule has 0 radical (unpaired) electrons. The van der Waals surface area contributed by atoms with E-state index in [4.69, 9.17) is 15.2 Å². The van der Waals surface area contributed by atoms with Crippen molar-refractivity contribution in [3.63, 3.8) is 0 Å². The van der Waals surface area contributed by atoms with Crippen LogP contribution in [0.4, 0.5) is 0 Å². The van der Waals surface area contributed by atoms with Gasteiger partial charge in [-0.15, -0.1) is 0 Å². The molecule has 1 fully saturated rings. The second kappa shape index (κ2) is 3.24. The fraction of sp³-hybridized carbons (Fsp3) is 0.625. The molecule has 0 unspecified atom stereocenters. The lowest BCUT2D eigenvalue weighted by molar-refractivity contribution is 0.379. The van der Waals surface area contributed by atoms with Crippen LogP contribution in [0.25, 0.3) is 0 Å². The van der Waals surface area contributed by atoms with Crippen LogP contribution in [0.3, 0.4) is 0 Å². The van der Waals surface area contributed by atoms with Crippen molar-refractivity contribution in [2.24, 2.45) is 0 Å². The highest BCUT2D eigenvalue weighted by Crippen LogP contribution is 2.42. The first-order valence-corrected chi connectivity index (χ1v) is 6.82. The van der Waals surface area contributed by atoms with E-state index < -0.39 is 9.05 Å². The first-order chi connectivity index (χ1) is 6.47. The van der Waals surface area contributed by atoms with E-state index in [0.717, 1.165) is 24.2 Å². The maximum Gasteiger partial charge on any atom is 0.238 e. The van der Waals surface area contributed by atoms with E-state index >= 15 is 0 Å². The molecule has 0 atom stereocenters. The third-order valence-corrected chi connectivity index (χ3v) is 3.26. The van der Waals surface area contributed by atoms with Gasteiger partial charge in [0.15, 0.2) is 0 Å². The van der Waals surface area contributed by atoms with Gasteiger partial charge in [-0.1, -0.05) is 5.16 Å². The molecule has 1 aliphatic rings. The van der Waals surface area contributed by atoms with Gasteiger partial charge < -0.3 is 4.52 Å². The molecule has 1 saturated carbocycles. The molecular formula is C8H10ClNO3S. The molecule has 4 nitrogen and oxygen atoms in total. The number of rotatable bonds is 3. The van der Waals surface area contributed by atoms with Crippen LogP contribution in [0.2, 0.25) is 0 Å². The maximum absolute atomic E-state index is 10.8. The Kier molecular flexibility index (Phi) is 2.31. The molecule has 0 aliphatic heterocycles. The first-order valence-electron chi connectivity index (χ1n) is 4.35. The Bertz CT molecular complexity index is 447. The Morgan fingerprint density at radius 3 is 2.71 bits per heavy atom. The minimum Gasteiger partial charge on any atom is -0.361 e. The Balaban J connectivity index is 2.27. The smallest absolute Gasteiger partial charge is 0.238 e. The minimum atomic E-state index is -3.54. The van der Waals surface area contributed by atoms with Gasteiger partial charge in [-0.05, 0) is 19.8 Å². The minimum absolute atomic E-state index is 0.253. The van der Waals surface area contributed by atoms with E-state index in [1.165, 1.54) is 0 Å². The van der Waals surface area contributed by atoms with E-state index in [9.17, 15) is 8.42 Å². The molecule has 0 saturated heterocycles. The highest BCUT2D eigenvalue weighted by atomic mass is 35.7. The van der Waals surface area contributed by atoms with E-state index in [0.29, 0.717) is 11.6 Å². The quantitative estimate of drug-likeness (QED) is 0.751. The molecule has 6 heteroatoms. The van der Waals surface area contributed by atoms with Gasteiger partial charge in [0.1, 0.15) is 17.2 Å². The van der Waals surface area contributed by atoms with Crippen molar-refractivity contribution in [1.29, 1.82) is 0 Å². The van der Waals surface area contributed by atoms with Gasteiger partial charge in [-0.25, -0.2) is 8.42 Å². The summed E-state index contributed by atoms with van der Waals surface area (Å²) in [5.74, 6) is 1.01. The number of halogens is 1. The van der Waals surface area contributed by atoms with Crippen LogP contribution in [-0.2, 0) is 14.8 Å². The molecule has 1 heterocycles. The lowest BCUT2D eigenvalue weighted by atomic mass is 10.2. The SMILES string of the molecule is Cc1c(CS(=O)(=O)Cl)noc1C1CC1. The zero-order valence-electron chi connectivity index (χ0n) is 7.66. The molecule has 0 amide bonds. The summed E-state index contributed by atoms with van der Waals surface area (Å²) in [6.07, 6.45) is 2.20. The van der Waals surface area contributed by atoms with Gasteiger partial charge in [0, 0.05) is 22.2 Å². The topological polar surface area (TPSA) is 60.2 Å². The van der Waals surface area contributed by atoms with Crippen molar-refractivity contribution in [1.82, 2.24) is 5.16 Å². The molecule has 0 bridgehead atoms. The largest absolute Gasteiger partial charge is 0.361 e. The molecular weight excluding hydrogens is 226 g/mol. The third kappa shape index (κ3) is 2.09. The molecule has 1 aromatic heterocycles.